The highest BCUT2D eigenvalue weighted by Gasteiger charge is 2.44. The van der Waals surface area contributed by atoms with Gasteiger partial charge in [0.05, 0.1) is 0 Å². The molecule has 1 aliphatic carbocycles. The lowest BCUT2D eigenvalue weighted by atomic mass is 9.97. The number of halogens is 3. The zero-order valence-electron chi connectivity index (χ0n) is 15.8. The number of hydrogen-bond donors (Lipinski definition) is 0. The Labute approximate surface area is 167 Å². The monoisotopic (exact) mass is 398 g/mol. The van der Waals surface area contributed by atoms with Gasteiger partial charge in [0.25, 0.3) is 0 Å². The molecule has 4 nitrogen and oxygen atoms in total. The largest absolute Gasteiger partial charge is 0.433 e. The molecule has 3 atom stereocenters. The number of rotatable bonds is 3. The van der Waals surface area contributed by atoms with Gasteiger partial charge in [-0.25, -0.2) is 9.97 Å². The Bertz CT molecular complexity index is 999. The predicted octanol–water partition coefficient (Wildman–Crippen LogP) is 5.05. The van der Waals surface area contributed by atoms with E-state index in [9.17, 15) is 13.2 Å². The number of aromatic nitrogens is 3. The Morgan fingerprint density at radius 1 is 0.931 bits per heavy atom. The van der Waals surface area contributed by atoms with Crippen molar-refractivity contribution in [3.05, 3.63) is 66.6 Å². The first kappa shape index (κ1) is 18.2. The van der Waals surface area contributed by atoms with Gasteiger partial charge in [-0.15, -0.1) is 0 Å². The van der Waals surface area contributed by atoms with E-state index in [2.05, 4.69) is 26.7 Å². The standard InChI is InChI=1S/C22H21F3N4/c23-22(24,25)19-7-4-8-20(27-19)28-13-16-9-10-18(17(16)14-28)29-12-11-26-21(29)15-5-2-1-3-6-15/h1-8,11-12,16-18H,9-10,13-14H2/t16-,17+,18+/m1/s1. The van der Waals surface area contributed by atoms with Crippen LogP contribution in [0.3, 0.4) is 0 Å². The zero-order chi connectivity index (χ0) is 20.0. The average molecular weight is 398 g/mol. The molecular weight excluding hydrogens is 377 g/mol. The quantitative estimate of drug-likeness (QED) is 0.619. The third-order valence-corrected chi connectivity index (χ3v) is 6.23. The lowest BCUT2D eigenvalue weighted by Crippen LogP contribution is -2.25. The van der Waals surface area contributed by atoms with Crippen molar-refractivity contribution < 1.29 is 13.2 Å². The van der Waals surface area contributed by atoms with Crippen LogP contribution in [-0.2, 0) is 6.18 Å². The van der Waals surface area contributed by atoms with Crippen LogP contribution >= 0.6 is 0 Å². The van der Waals surface area contributed by atoms with Crippen LogP contribution < -0.4 is 4.90 Å². The molecule has 29 heavy (non-hydrogen) atoms. The van der Waals surface area contributed by atoms with E-state index in [4.69, 9.17) is 0 Å². The molecule has 3 heterocycles. The van der Waals surface area contributed by atoms with E-state index in [1.54, 1.807) is 6.07 Å². The van der Waals surface area contributed by atoms with Crippen LogP contribution in [0.25, 0.3) is 11.4 Å². The summed E-state index contributed by atoms with van der Waals surface area (Å²) in [4.78, 5) is 10.5. The Kier molecular flexibility index (Phi) is 4.33. The van der Waals surface area contributed by atoms with Gasteiger partial charge in [-0.1, -0.05) is 36.4 Å². The van der Waals surface area contributed by atoms with Gasteiger partial charge in [0.15, 0.2) is 0 Å². The van der Waals surface area contributed by atoms with Crippen molar-refractivity contribution in [3.63, 3.8) is 0 Å². The number of pyridine rings is 1. The third kappa shape index (κ3) is 3.28. The number of nitrogens with zero attached hydrogens (tertiary/aromatic N) is 4. The van der Waals surface area contributed by atoms with Crippen LogP contribution in [0, 0.1) is 11.8 Å². The van der Waals surface area contributed by atoms with Crippen molar-refractivity contribution in [2.75, 3.05) is 18.0 Å². The number of hydrogen-bond acceptors (Lipinski definition) is 3. The molecule has 150 valence electrons. The van der Waals surface area contributed by atoms with Crippen LogP contribution in [-0.4, -0.2) is 27.6 Å². The number of benzene rings is 1. The summed E-state index contributed by atoms with van der Waals surface area (Å²) in [5, 5.41) is 0. The molecule has 2 fully saturated rings. The van der Waals surface area contributed by atoms with Gasteiger partial charge >= 0.3 is 6.18 Å². The maximum Gasteiger partial charge on any atom is 0.433 e. The van der Waals surface area contributed by atoms with Crippen LogP contribution in [0.4, 0.5) is 19.0 Å². The molecule has 5 rings (SSSR count). The molecule has 0 amide bonds. The van der Waals surface area contributed by atoms with Gasteiger partial charge < -0.3 is 9.47 Å². The third-order valence-electron chi connectivity index (χ3n) is 6.23. The van der Waals surface area contributed by atoms with Gasteiger partial charge in [-0.05, 0) is 30.9 Å². The molecule has 1 saturated heterocycles. The first-order chi connectivity index (χ1) is 14.0. The fourth-order valence-electron chi connectivity index (χ4n) is 4.92. The fraction of sp³-hybridized carbons (Fsp3) is 0.364. The normalized spacial score (nSPS) is 24.1. The fourth-order valence-corrected chi connectivity index (χ4v) is 4.92. The SMILES string of the molecule is FC(F)(F)c1cccc(N2C[C@H]3CC[C@H](n4ccnc4-c4ccccc4)[C@H]3C2)n1. The first-order valence-electron chi connectivity index (χ1n) is 9.88. The van der Waals surface area contributed by atoms with E-state index in [1.807, 2.05) is 35.5 Å². The van der Waals surface area contributed by atoms with Gasteiger partial charge in [0.2, 0.25) is 0 Å². The van der Waals surface area contributed by atoms with Crippen LogP contribution in [0.5, 0.6) is 0 Å². The van der Waals surface area contributed by atoms with E-state index >= 15 is 0 Å². The summed E-state index contributed by atoms with van der Waals surface area (Å²) in [6, 6.07) is 14.6. The summed E-state index contributed by atoms with van der Waals surface area (Å²) in [5.41, 5.74) is 0.250. The molecule has 0 unspecified atom stereocenters. The molecule has 0 spiro atoms. The van der Waals surface area contributed by atoms with E-state index in [0.717, 1.165) is 43.4 Å². The average Bonchev–Trinajstić information content (AvgIpc) is 3.43. The van der Waals surface area contributed by atoms with Crippen LogP contribution in [0.15, 0.2) is 60.9 Å². The maximum absolute atomic E-state index is 13.0. The molecule has 1 saturated carbocycles. The van der Waals surface area contributed by atoms with Crippen molar-refractivity contribution in [1.29, 1.82) is 0 Å². The highest BCUT2D eigenvalue weighted by molar-refractivity contribution is 5.55. The highest BCUT2D eigenvalue weighted by atomic mass is 19.4. The van der Waals surface area contributed by atoms with E-state index in [1.165, 1.54) is 6.07 Å². The van der Waals surface area contributed by atoms with Crippen molar-refractivity contribution in [2.24, 2.45) is 11.8 Å². The minimum Gasteiger partial charge on any atom is -0.356 e. The molecular formula is C22H21F3N4. The minimum atomic E-state index is -4.42. The molecule has 3 aromatic rings. The topological polar surface area (TPSA) is 34.0 Å². The lowest BCUT2D eigenvalue weighted by Gasteiger charge is -2.24. The summed E-state index contributed by atoms with van der Waals surface area (Å²) >= 11 is 0. The zero-order valence-corrected chi connectivity index (χ0v) is 15.8. The highest BCUT2D eigenvalue weighted by Crippen LogP contribution is 2.47. The first-order valence-corrected chi connectivity index (χ1v) is 9.88. The van der Waals surface area contributed by atoms with E-state index in [0.29, 0.717) is 23.7 Å². The summed E-state index contributed by atoms with van der Waals surface area (Å²) in [5.74, 6) is 2.21. The Morgan fingerprint density at radius 3 is 2.55 bits per heavy atom. The Balaban J connectivity index is 1.40. The predicted molar refractivity (Wildman–Crippen MR) is 104 cm³/mol. The Morgan fingerprint density at radius 2 is 1.76 bits per heavy atom. The molecule has 1 aromatic carbocycles. The minimum absolute atomic E-state index is 0.300. The molecule has 0 N–H and O–H groups in total. The van der Waals surface area contributed by atoms with E-state index < -0.39 is 11.9 Å². The van der Waals surface area contributed by atoms with E-state index in [-0.39, 0.29) is 0 Å². The number of fused-ring (bicyclic) bond motifs is 1. The molecule has 2 aromatic heterocycles. The molecule has 2 aliphatic rings. The summed E-state index contributed by atoms with van der Waals surface area (Å²) in [7, 11) is 0. The van der Waals surface area contributed by atoms with Crippen molar-refractivity contribution in [3.8, 4) is 11.4 Å². The van der Waals surface area contributed by atoms with Gasteiger partial charge in [0.1, 0.15) is 17.3 Å². The smallest absolute Gasteiger partial charge is 0.356 e. The summed E-state index contributed by atoms with van der Waals surface area (Å²) in [6.07, 6.45) is 1.57. The molecule has 7 heteroatoms. The second-order valence-electron chi connectivity index (χ2n) is 7.88. The maximum atomic E-state index is 13.0. The van der Waals surface area contributed by atoms with Crippen LogP contribution in [0.1, 0.15) is 24.6 Å². The summed E-state index contributed by atoms with van der Waals surface area (Å²) in [6.45, 7) is 1.47. The molecule has 0 radical (unpaired) electrons. The molecule has 1 aliphatic heterocycles. The van der Waals surface area contributed by atoms with Gasteiger partial charge in [-0.3, -0.25) is 0 Å². The van der Waals surface area contributed by atoms with Gasteiger partial charge in [-0.2, -0.15) is 13.2 Å². The second-order valence-corrected chi connectivity index (χ2v) is 7.88. The summed E-state index contributed by atoms with van der Waals surface area (Å²) < 4.78 is 41.4. The van der Waals surface area contributed by atoms with Crippen molar-refractivity contribution in [2.45, 2.75) is 25.1 Å². The Hall–Kier alpha value is -2.83. The number of imidazole rings is 1. The molecule has 0 bridgehead atoms. The number of alkyl halides is 3. The van der Waals surface area contributed by atoms with Crippen molar-refractivity contribution >= 4 is 5.82 Å². The second kappa shape index (κ2) is 6.90. The van der Waals surface area contributed by atoms with Crippen LogP contribution in [0.2, 0.25) is 0 Å². The van der Waals surface area contributed by atoms with Crippen molar-refractivity contribution in [1.82, 2.24) is 14.5 Å². The number of anilines is 1. The van der Waals surface area contributed by atoms with Gasteiger partial charge in [0, 0.05) is 43.0 Å². The lowest BCUT2D eigenvalue weighted by molar-refractivity contribution is -0.141.